The maximum absolute atomic E-state index is 11.8. The van der Waals surface area contributed by atoms with Crippen molar-refractivity contribution in [2.45, 2.75) is 20.3 Å². The maximum Gasteiger partial charge on any atom is 0.165 e. The molecule has 0 saturated heterocycles. The minimum atomic E-state index is 0.0294. The molecule has 2 heteroatoms. The van der Waals surface area contributed by atoms with E-state index >= 15 is 0 Å². The largest absolute Gasteiger partial charge is 0.330 e. The van der Waals surface area contributed by atoms with Gasteiger partial charge >= 0.3 is 0 Å². The third-order valence-corrected chi connectivity index (χ3v) is 2.35. The number of carbonyl (C=O) groups excluding carboxylic acids is 1. The number of rotatable bonds is 4. The number of hydrogen-bond acceptors (Lipinski definition) is 2. The predicted molar refractivity (Wildman–Crippen MR) is 58.3 cm³/mol. The fourth-order valence-corrected chi connectivity index (χ4v) is 1.46. The molecule has 2 N–H and O–H groups in total. The van der Waals surface area contributed by atoms with Crippen molar-refractivity contribution in [3.8, 4) is 0 Å². The van der Waals surface area contributed by atoms with Crippen LogP contribution in [0.1, 0.15) is 29.3 Å². The van der Waals surface area contributed by atoms with Gasteiger partial charge in [0.25, 0.3) is 0 Å². The number of nitrogens with two attached hydrogens (primary N) is 1. The normalized spacial score (nSPS) is 12.5. The first-order valence-corrected chi connectivity index (χ1v) is 4.96. The summed E-state index contributed by atoms with van der Waals surface area (Å²) in [7, 11) is 0. The van der Waals surface area contributed by atoms with Crippen LogP contribution in [0.3, 0.4) is 0 Å². The van der Waals surface area contributed by atoms with Gasteiger partial charge in [-0.15, -0.1) is 0 Å². The molecule has 0 aliphatic rings. The minimum Gasteiger partial charge on any atom is -0.330 e. The Bertz CT molecular complexity index is 320. The monoisotopic (exact) mass is 191 g/mol. The van der Waals surface area contributed by atoms with E-state index in [-0.39, 0.29) is 11.7 Å². The standard InChI is InChI=1S/C12H17NO/c1-9-4-3-5-11(8-9)12(14)10(2)6-7-13/h3-5,8,10H,6-7,13H2,1-2H3. The summed E-state index contributed by atoms with van der Waals surface area (Å²) >= 11 is 0. The third-order valence-electron chi connectivity index (χ3n) is 2.35. The average Bonchev–Trinajstić information content (AvgIpc) is 2.17. The molecule has 0 amide bonds. The topological polar surface area (TPSA) is 43.1 Å². The van der Waals surface area contributed by atoms with Crippen LogP contribution in [-0.2, 0) is 0 Å². The Morgan fingerprint density at radius 3 is 2.79 bits per heavy atom. The summed E-state index contributed by atoms with van der Waals surface area (Å²) in [4.78, 5) is 11.8. The molecule has 0 radical (unpaired) electrons. The quantitative estimate of drug-likeness (QED) is 0.741. The van der Waals surface area contributed by atoms with Crippen molar-refractivity contribution in [1.82, 2.24) is 0 Å². The number of ketones is 1. The van der Waals surface area contributed by atoms with E-state index in [1.54, 1.807) is 0 Å². The molecule has 0 heterocycles. The van der Waals surface area contributed by atoms with Crippen LogP contribution in [-0.4, -0.2) is 12.3 Å². The Morgan fingerprint density at radius 2 is 2.21 bits per heavy atom. The second-order valence-electron chi connectivity index (χ2n) is 3.71. The molecule has 0 fully saturated rings. The molecule has 0 spiro atoms. The summed E-state index contributed by atoms with van der Waals surface area (Å²) in [5.41, 5.74) is 7.34. The molecule has 1 rings (SSSR count). The highest BCUT2D eigenvalue weighted by Crippen LogP contribution is 2.12. The molecular formula is C12H17NO. The van der Waals surface area contributed by atoms with Crippen LogP contribution in [0.5, 0.6) is 0 Å². The first kappa shape index (κ1) is 10.9. The maximum atomic E-state index is 11.8. The fraction of sp³-hybridized carbons (Fsp3) is 0.417. The second kappa shape index (κ2) is 4.91. The molecule has 0 aromatic heterocycles. The lowest BCUT2D eigenvalue weighted by atomic mass is 9.96. The molecule has 76 valence electrons. The van der Waals surface area contributed by atoms with Crippen LogP contribution in [0.15, 0.2) is 24.3 Å². The minimum absolute atomic E-state index is 0.0294. The summed E-state index contributed by atoms with van der Waals surface area (Å²) in [5, 5.41) is 0. The molecule has 1 aromatic carbocycles. The van der Waals surface area contributed by atoms with Crippen molar-refractivity contribution in [2.24, 2.45) is 11.7 Å². The van der Waals surface area contributed by atoms with Gasteiger partial charge in [0.2, 0.25) is 0 Å². The highest BCUT2D eigenvalue weighted by molar-refractivity contribution is 5.97. The van der Waals surface area contributed by atoms with E-state index in [2.05, 4.69) is 0 Å². The highest BCUT2D eigenvalue weighted by Gasteiger charge is 2.13. The Kier molecular flexibility index (Phi) is 3.84. The van der Waals surface area contributed by atoms with Gasteiger partial charge in [-0.25, -0.2) is 0 Å². The Balaban J connectivity index is 2.78. The summed E-state index contributed by atoms with van der Waals surface area (Å²) in [5.74, 6) is 0.223. The lowest BCUT2D eigenvalue weighted by Gasteiger charge is -2.08. The molecule has 1 unspecified atom stereocenters. The smallest absolute Gasteiger partial charge is 0.165 e. The van der Waals surface area contributed by atoms with E-state index in [1.807, 2.05) is 38.1 Å². The molecule has 0 aliphatic carbocycles. The van der Waals surface area contributed by atoms with Crippen molar-refractivity contribution in [3.05, 3.63) is 35.4 Å². The van der Waals surface area contributed by atoms with Crippen molar-refractivity contribution in [1.29, 1.82) is 0 Å². The predicted octanol–water partition coefficient (Wildman–Crippen LogP) is 2.16. The second-order valence-corrected chi connectivity index (χ2v) is 3.71. The zero-order chi connectivity index (χ0) is 10.6. The third kappa shape index (κ3) is 2.67. The van der Waals surface area contributed by atoms with Crippen molar-refractivity contribution in [2.75, 3.05) is 6.54 Å². The van der Waals surface area contributed by atoms with E-state index in [1.165, 1.54) is 0 Å². The van der Waals surface area contributed by atoms with Crippen LogP contribution >= 0.6 is 0 Å². The van der Waals surface area contributed by atoms with Crippen molar-refractivity contribution in [3.63, 3.8) is 0 Å². The average molecular weight is 191 g/mol. The van der Waals surface area contributed by atoms with Gasteiger partial charge in [-0.3, -0.25) is 4.79 Å². The van der Waals surface area contributed by atoms with Crippen LogP contribution in [0.25, 0.3) is 0 Å². The number of aryl methyl sites for hydroxylation is 1. The zero-order valence-electron chi connectivity index (χ0n) is 8.79. The summed E-state index contributed by atoms with van der Waals surface area (Å²) in [6.45, 7) is 4.49. The van der Waals surface area contributed by atoms with E-state index in [0.29, 0.717) is 6.54 Å². The van der Waals surface area contributed by atoms with Gasteiger partial charge in [0.15, 0.2) is 5.78 Å². The van der Waals surface area contributed by atoms with E-state index in [9.17, 15) is 4.79 Å². The number of hydrogen-bond donors (Lipinski definition) is 1. The number of carbonyl (C=O) groups is 1. The Labute approximate surface area is 85.1 Å². The van der Waals surface area contributed by atoms with E-state index in [4.69, 9.17) is 5.73 Å². The molecule has 1 aromatic rings. The SMILES string of the molecule is Cc1cccc(C(=O)C(C)CCN)c1. The first-order chi connectivity index (χ1) is 6.65. The van der Waals surface area contributed by atoms with Crippen LogP contribution in [0.2, 0.25) is 0 Å². The lowest BCUT2D eigenvalue weighted by Crippen LogP contribution is -2.15. The van der Waals surface area contributed by atoms with Gasteiger partial charge < -0.3 is 5.73 Å². The molecule has 0 bridgehead atoms. The van der Waals surface area contributed by atoms with Gasteiger partial charge in [-0.2, -0.15) is 0 Å². The van der Waals surface area contributed by atoms with Gasteiger partial charge in [-0.1, -0.05) is 30.7 Å². The van der Waals surface area contributed by atoms with Crippen molar-refractivity contribution >= 4 is 5.78 Å². The molecule has 1 atom stereocenters. The number of benzene rings is 1. The summed E-state index contributed by atoms with van der Waals surface area (Å²) in [6, 6.07) is 7.69. The molecule has 0 aliphatic heterocycles. The zero-order valence-corrected chi connectivity index (χ0v) is 8.79. The summed E-state index contributed by atoms with van der Waals surface area (Å²) in [6.07, 6.45) is 0.757. The van der Waals surface area contributed by atoms with Crippen LogP contribution in [0, 0.1) is 12.8 Å². The molecular weight excluding hydrogens is 174 g/mol. The first-order valence-electron chi connectivity index (χ1n) is 4.96. The summed E-state index contributed by atoms with van der Waals surface area (Å²) < 4.78 is 0. The van der Waals surface area contributed by atoms with E-state index in [0.717, 1.165) is 17.5 Å². The van der Waals surface area contributed by atoms with Gasteiger partial charge in [0.1, 0.15) is 0 Å². The lowest BCUT2D eigenvalue weighted by molar-refractivity contribution is 0.0925. The molecule has 14 heavy (non-hydrogen) atoms. The van der Waals surface area contributed by atoms with Crippen molar-refractivity contribution < 1.29 is 4.79 Å². The highest BCUT2D eigenvalue weighted by atomic mass is 16.1. The number of Topliss-reactive ketones (excluding diaryl/α,β-unsaturated/α-hetero) is 1. The Hall–Kier alpha value is -1.15. The molecule has 2 nitrogen and oxygen atoms in total. The van der Waals surface area contributed by atoms with Crippen LogP contribution in [0.4, 0.5) is 0 Å². The van der Waals surface area contributed by atoms with E-state index < -0.39 is 0 Å². The van der Waals surface area contributed by atoms with Gasteiger partial charge in [-0.05, 0) is 26.0 Å². The van der Waals surface area contributed by atoms with Gasteiger partial charge in [0.05, 0.1) is 0 Å². The Morgan fingerprint density at radius 1 is 1.50 bits per heavy atom. The molecule has 0 saturated carbocycles. The van der Waals surface area contributed by atoms with Crippen LogP contribution < -0.4 is 5.73 Å². The fourth-order valence-electron chi connectivity index (χ4n) is 1.46. The van der Waals surface area contributed by atoms with Gasteiger partial charge in [0, 0.05) is 11.5 Å².